The topological polar surface area (TPSA) is 111 Å². The van der Waals surface area contributed by atoms with Crippen molar-refractivity contribution in [3.8, 4) is 22.9 Å². The maximum absolute atomic E-state index is 14.0. The molecule has 1 aromatic heterocycles. The average molecular weight is 577 g/mol. The fourth-order valence-electron chi connectivity index (χ4n) is 4.24. The Morgan fingerprint density at radius 2 is 1.63 bits per heavy atom. The quantitative estimate of drug-likeness (QED) is 0.298. The molecule has 4 rings (SSSR count). The van der Waals surface area contributed by atoms with Crippen molar-refractivity contribution in [3.05, 3.63) is 82.9 Å². The second-order valence-electron chi connectivity index (χ2n) is 10.5. The zero-order valence-corrected chi connectivity index (χ0v) is 24.6. The number of halogens is 1. The summed E-state index contributed by atoms with van der Waals surface area (Å²) in [6.45, 7) is 7.36. The van der Waals surface area contributed by atoms with E-state index in [1.807, 2.05) is 52.0 Å². The molecule has 2 amide bonds. The van der Waals surface area contributed by atoms with Crippen LogP contribution in [0.25, 0.3) is 11.4 Å². The van der Waals surface area contributed by atoms with Crippen LogP contribution in [0.3, 0.4) is 0 Å². The number of nitrogens with zero attached hydrogens (tertiary/aromatic N) is 5. The van der Waals surface area contributed by atoms with E-state index in [0.29, 0.717) is 39.2 Å². The minimum absolute atomic E-state index is 0.270. The number of carbonyl (C=O) groups excluding carboxylic acids is 2. The average Bonchev–Trinajstić information content (AvgIpc) is 3.40. The highest BCUT2D eigenvalue weighted by Crippen LogP contribution is 2.32. The van der Waals surface area contributed by atoms with Crippen LogP contribution in [0.1, 0.15) is 37.9 Å². The Balaban J connectivity index is 1.72. The van der Waals surface area contributed by atoms with Crippen LogP contribution in [0.15, 0.2) is 66.7 Å². The van der Waals surface area contributed by atoms with Gasteiger partial charge in [-0.1, -0.05) is 41.4 Å². The van der Waals surface area contributed by atoms with Crippen LogP contribution in [0.4, 0.5) is 5.69 Å². The Hall–Kier alpha value is -4.44. The first kappa shape index (κ1) is 29.5. The lowest BCUT2D eigenvalue weighted by atomic mass is 9.99. The van der Waals surface area contributed by atoms with E-state index in [4.69, 9.17) is 21.1 Å². The molecule has 1 atom stereocenters. The smallest absolute Gasteiger partial charge is 0.251 e. The molecular formula is C30H33ClN6O4. The predicted octanol–water partition coefficient (Wildman–Crippen LogP) is 5.01. The molecule has 0 aliphatic heterocycles. The summed E-state index contributed by atoms with van der Waals surface area (Å²) < 4.78 is 10.7. The zero-order chi connectivity index (χ0) is 29.7. The van der Waals surface area contributed by atoms with Gasteiger partial charge in [-0.15, -0.1) is 10.2 Å². The summed E-state index contributed by atoms with van der Waals surface area (Å²) in [5.74, 6) is 0.628. The van der Waals surface area contributed by atoms with Crippen LogP contribution >= 0.6 is 11.6 Å². The third kappa shape index (κ3) is 7.20. The number of hydrogen-bond acceptors (Lipinski definition) is 7. The van der Waals surface area contributed by atoms with Gasteiger partial charge < -0.3 is 14.8 Å². The number of hydrogen-bond donors (Lipinski definition) is 1. The van der Waals surface area contributed by atoms with Gasteiger partial charge in [0, 0.05) is 21.8 Å². The van der Waals surface area contributed by atoms with E-state index in [1.165, 1.54) is 16.8 Å². The molecular weight excluding hydrogens is 544 g/mol. The normalized spacial score (nSPS) is 12.0. The highest BCUT2D eigenvalue weighted by Gasteiger charge is 2.35. The van der Waals surface area contributed by atoms with Crippen molar-refractivity contribution in [2.24, 2.45) is 0 Å². The van der Waals surface area contributed by atoms with Crippen LogP contribution < -0.4 is 19.7 Å². The Bertz CT molecular complexity index is 1510. The van der Waals surface area contributed by atoms with E-state index in [1.54, 1.807) is 49.6 Å². The van der Waals surface area contributed by atoms with Crippen molar-refractivity contribution in [2.75, 3.05) is 19.1 Å². The molecule has 0 spiro atoms. The van der Waals surface area contributed by atoms with Gasteiger partial charge in [-0.25, -0.2) is 0 Å². The SMILES string of the molecule is COc1ccc(-c2nnn(CC(=O)N(c3ccc(Cl)cc3)[C@@H](C(=O)NC(C)(C)C)c3ccc(C)cc3)n2)cc1OC. The molecule has 3 aromatic carbocycles. The molecule has 0 saturated heterocycles. The summed E-state index contributed by atoms with van der Waals surface area (Å²) in [4.78, 5) is 30.5. The van der Waals surface area contributed by atoms with Gasteiger partial charge in [-0.05, 0) is 80.9 Å². The van der Waals surface area contributed by atoms with Crippen molar-refractivity contribution in [1.29, 1.82) is 0 Å². The van der Waals surface area contributed by atoms with Gasteiger partial charge in [0.1, 0.15) is 12.6 Å². The van der Waals surface area contributed by atoms with E-state index < -0.39 is 17.5 Å². The molecule has 214 valence electrons. The minimum atomic E-state index is -0.975. The lowest BCUT2D eigenvalue weighted by Gasteiger charge is -2.33. The standard InChI is InChI=1S/C30H33ClN6O4/c1-19-7-9-20(10-8-19)27(29(39)32-30(2,3)4)37(23-14-12-22(31)13-15-23)26(38)18-36-34-28(33-35-36)21-11-16-24(40-5)25(17-21)41-6/h7-17,27H,18H2,1-6H3,(H,32,39)/t27-/m1/s1. The molecule has 10 nitrogen and oxygen atoms in total. The van der Waals surface area contributed by atoms with E-state index in [0.717, 1.165) is 5.56 Å². The molecule has 0 radical (unpaired) electrons. The van der Waals surface area contributed by atoms with Gasteiger partial charge in [-0.2, -0.15) is 4.80 Å². The molecule has 0 aliphatic rings. The monoisotopic (exact) mass is 576 g/mol. The summed E-state index contributed by atoms with van der Waals surface area (Å²) in [5, 5.41) is 16.2. The number of anilines is 1. The van der Waals surface area contributed by atoms with Crippen LogP contribution in [-0.2, 0) is 16.1 Å². The molecule has 41 heavy (non-hydrogen) atoms. The first-order valence-corrected chi connectivity index (χ1v) is 13.3. The van der Waals surface area contributed by atoms with Gasteiger partial charge in [0.25, 0.3) is 5.91 Å². The number of methoxy groups -OCH3 is 2. The Labute approximate surface area is 244 Å². The summed E-state index contributed by atoms with van der Waals surface area (Å²) in [7, 11) is 3.09. The number of tetrazole rings is 1. The third-order valence-electron chi connectivity index (χ3n) is 6.14. The van der Waals surface area contributed by atoms with Crippen LogP contribution in [0.2, 0.25) is 5.02 Å². The van der Waals surface area contributed by atoms with Gasteiger partial charge in [0.2, 0.25) is 11.7 Å². The Kier molecular flexibility index (Phi) is 8.92. The molecule has 0 unspecified atom stereocenters. The zero-order valence-electron chi connectivity index (χ0n) is 23.9. The molecule has 1 heterocycles. The third-order valence-corrected chi connectivity index (χ3v) is 6.39. The molecule has 11 heteroatoms. The lowest BCUT2D eigenvalue weighted by Crippen LogP contribution is -2.50. The largest absolute Gasteiger partial charge is 0.493 e. The lowest BCUT2D eigenvalue weighted by molar-refractivity contribution is -0.128. The second-order valence-corrected chi connectivity index (χ2v) is 10.9. The van der Waals surface area contributed by atoms with Gasteiger partial charge in [0.15, 0.2) is 11.5 Å². The van der Waals surface area contributed by atoms with Crippen molar-refractivity contribution < 1.29 is 19.1 Å². The number of rotatable bonds is 9. The van der Waals surface area contributed by atoms with Gasteiger partial charge in [0.05, 0.1) is 14.2 Å². The maximum atomic E-state index is 14.0. The fraction of sp³-hybridized carbons (Fsp3) is 0.300. The summed E-state index contributed by atoms with van der Waals surface area (Å²) >= 11 is 6.16. The predicted molar refractivity (Wildman–Crippen MR) is 157 cm³/mol. The number of benzene rings is 3. The number of aryl methyl sites for hydroxylation is 1. The highest BCUT2D eigenvalue weighted by atomic mass is 35.5. The molecule has 0 saturated carbocycles. The number of carbonyl (C=O) groups is 2. The number of amides is 2. The fourth-order valence-corrected chi connectivity index (χ4v) is 4.37. The van der Waals surface area contributed by atoms with E-state index in [-0.39, 0.29) is 12.5 Å². The van der Waals surface area contributed by atoms with Crippen LogP contribution in [-0.4, -0.2) is 51.8 Å². The number of aromatic nitrogens is 4. The van der Waals surface area contributed by atoms with Crippen LogP contribution in [0, 0.1) is 6.92 Å². The highest BCUT2D eigenvalue weighted by molar-refractivity contribution is 6.30. The minimum Gasteiger partial charge on any atom is -0.493 e. The maximum Gasteiger partial charge on any atom is 0.251 e. The first-order valence-electron chi connectivity index (χ1n) is 13.0. The van der Waals surface area contributed by atoms with Crippen molar-refractivity contribution in [3.63, 3.8) is 0 Å². The van der Waals surface area contributed by atoms with E-state index >= 15 is 0 Å². The Morgan fingerprint density at radius 1 is 0.976 bits per heavy atom. The van der Waals surface area contributed by atoms with Crippen LogP contribution in [0.5, 0.6) is 11.5 Å². The second kappa shape index (κ2) is 12.4. The van der Waals surface area contributed by atoms with Gasteiger partial charge >= 0.3 is 0 Å². The summed E-state index contributed by atoms with van der Waals surface area (Å²) in [5.41, 5.74) is 2.28. The molecule has 4 aromatic rings. The first-order chi connectivity index (χ1) is 19.5. The van der Waals surface area contributed by atoms with E-state index in [9.17, 15) is 9.59 Å². The number of nitrogens with one attached hydrogen (secondary N) is 1. The molecule has 1 N–H and O–H groups in total. The van der Waals surface area contributed by atoms with Crippen molar-refractivity contribution >= 4 is 29.1 Å². The molecule has 0 fully saturated rings. The van der Waals surface area contributed by atoms with E-state index in [2.05, 4.69) is 20.7 Å². The summed E-state index contributed by atoms with van der Waals surface area (Å²) in [6.07, 6.45) is 0. The Morgan fingerprint density at radius 3 is 2.24 bits per heavy atom. The molecule has 0 aliphatic carbocycles. The summed E-state index contributed by atoms with van der Waals surface area (Å²) in [6, 6.07) is 18.5. The number of ether oxygens (including phenoxy) is 2. The molecule has 0 bridgehead atoms. The van der Waals surface area contributed by atoms with Crippen molar-refractivity contribution in [1.82, 2.24) is 25.5 Å². The van der Waals surface area contributed by atoms with Gasteiger partial charge in [-0.3, -0.25) is 14.5 Å². The van der Waals surface area contributed by atoms with Crippen molar-refractivity contribution in [2.45, 2.75) is 45.8 Å².